The molecule has 0 spiro atoms. The highest BCUT2D eigenvalue weighted by atomic mass is 35.5. The maximum atomic E-state index is 12.6. The predicted molar refractivity (Wildman–Crippen MR) is 47.3 cm³/mol. The van der Waals surface area contributed by atoms with E-state index in [9.17, 15) is 4.39 Å². The normalized spacial score (nSPS) is 10.2. The third-order valence-corrected chi connectivity index (χ3v) is 1.98. The SMILES string of the molecule is [CH2-][NH2+]CCc1ccc(F)cc1Cl. The predicted octanol–water partition coefficient (Wildman–Crippen LogP) is 1.38. The molecular formula is C9H11ClFN. The highest BCUT2D eigenvalue weighted by Crippen LogP contribution is 2.16. The van der Waals surface area contributed by atoms with E-state index in [0.29, 0.717) is 5.02 Å². The van der Waals surface area contributed by atoms with Crippen molar-refractivity contribution in [3.63, 3.8) is 0 Å². The number of hydrogen-bond donors (Lipinski definition) is 1. The Hall–Kier alpha value is -0.600. The van der Waals surface area contributed by atoms with Gasteiger partial charge in [0.05, 0.1) is 6.54 Å². The average Bonchev–Trinajstić information content (AvgIpc) is 2.03. The van der Waals surface area contributed by atoms with Gasteiger partial charge in [0, 0.05) is 11.4 Å². The minimum Gasteiger partial charge on any atom is -0.479 e. The Balaban J connectivity index is 2.72. The van der Waals surface area contributed by atoms with Crippen LogP contribution in [-0.2, 0) is 6.42 Å². The number of hydrogen-bond acceptors (Lipinski definition) is 0. The fourth-order valence-corrected chi connectivity index (χ4v) is 1.24. The van der Waals surface area contributed by atoms with Crippen LogP contribution in [0.15, 0.2) is 18.2 Å². The quantitative estimate of drug-likeness (QED) is 0.689. The van der Waals surface area contributed by atoms with Crippen molar-refractivity contribution in [1.82, 2.24) is 0 Å². The van der Waals surface area contributed by atoms with Crippen LogP contribution >= 0.6 is 11.6 Å². The van der Waals surface area contributed by atoms with Gasteiger partial charge in [-0.2, -0.15) is 7.05 Å². The molecule has 0 radical (unpaired) electrons. The average molecular weight is 188 g/mol. The monoisotopic (exact) mass is 187 g/mol. The van der Waals surface area contributed by atoms with Crippen LogP contribution in [-0.4, -0.2) is 6.54 Å². The summed E-state index contributed by atoms with van der Waals surface area (Å²) in [4.78, 5) is 0. The fourth-order valence-electron chi connectivity index (χ4n) is 0.982. The molecule has 0 aliphatic heterocycles. The second-order valence-electron chi connectivity index (χ2n) is 2.56. The van der Waals surface area contributed by atoms with E-state index in [1.54, 1.807) is 6.07 Å². The fraction of sp³-hybridized carbons (Fsp3) is 0.222. The van der Waals surface area contributed by atoms with E-state index < -0.39 is 0 Å². The first-order valence-corrected chi connectivity index (χ1v) is 4.16. The Kier molecular flexibility index (Phi) is 3.50. The van der Waals surface area contributed by atoms with Gasteiger partial charge in [0.1, 0.15) is 5.82 Å². The highest BCUT2D eigenvalue weighted by Gasteiger charge is 2.00. The summed E-state index contributed by atoms with van der Waals surface area (Å²) in [6.45, 7) is 0.866. The Morgan fingerprint density at radius 3 is 2.83 bits per heavy atom. The molecule has 0 unspecified atom stereocenters. The van der Waals surface area contributed by atoms with Gasteiger partial charge in [-0.25, -0.2) is 4.39 Å². The van der Waals surface area contributed by atoms with Gasteiger partial charge in [-0.1, -0.05) is 17.7 Å². The smallest absolute Gasteiger partial charge is 0.124 e. The number of halogens is 2. The van der Waals surface area contributed by atoms with E-state index in [2.05, 4.69) is 7.05 Å². The van der Waals surface area contributed by atoms with Crippen LogP contribution in [0.25, 0.3) is 0 Å². The molecule has 66 valence electrons. The molecule has 0 saturated heterocycles. The summed E-state index contributed by atoms with van der Waals surface area (Å²) in [6.07, 6.45) is 0.822. The van der Waals surface area contributed by atoms with Crippen LogP contribution in [0.3, 0.4) is 0 Å². The Morgan fingerprint density at radius 1 is 1.50 bits per heavy atom. The summed E-state index contributed by atoms with van der Waals surface area (Å²) >= 11 is 5.79. The molecule has 3 heteroatoms. The second-order valence-corrected chi connectivity index (χ2v) is 2.97. The van der Waals surface area contributed by atoms with Gasteiger partial charge in [0.15, 0.2) is 0 Å². The molecular weight excluding hydrogens is 177 g/mol. The number of quaternary nitrogens is 1. The molecule has 0 aromatic heterocycles. The van der Waals surface area contributed by atoms with Crippen molar-refractivity contribution < 1.29 is 9.71 Å². The van der Waals surface area contributed by atoms with Crippen LogP contribution in [0.5, 0.6) is 0 Å². The maximum Gasteiger partial charge on any atom is 0.124 e. The first kappa shape index (κ1) is 9.49. The van der Waals surface area contributed by atoms with Crippen molar-refractivity contribution in [2.24, 2.45) is 0 Å². The van der Waals surface area contributed by atoms with E-state index in [1.165, 1.54) is 12.1 Å². The van der Waals surface area contributed by atoms with Gasteiger partial charge in [0.25, 0.3) is 0 Å². The maximum absolute atomic E-state index is 12.6. The summed E-state index contributed by atoms with van der Waals surface area (Å²) in [5, 5.41) is 2.32. The molecule has 1 aromatic rings. The van der Waals surface area contributed by atoms with E-state index in [-0.39, 0.29) is 5.82 Å². The molecule has 0 heterocycles. The van der Waals surface area contributed by atoms with Crippen molar-refractivity contribution >= 4 is 11.6 Å². The minimum absolute atomic E-state index is 0.289. The molecule has 0 bridgehead atoms. The molecule has 0 fully saturated rings. The van der Waals surface area contributed by atoms with Gasteiger partial charge in [-0.3, -0.25) is 0 Å². The molecule has 0 aliphatic carbocycles. The number of benzene rings is 1. The Morgan fingerprint density at radius 2 is 2.25 bits per heavy atom. The lowest BCUT2D eigenvalue weighted by Crippen LogP contribution is -2.77. The van der Waals surface area contributed by atoms with Gasteiger partial charge >= 0.3 is 0 Å². The summed E-state index contributed by atoms with van der Waals surface area (Å²) in [7, 11) is 3.61. The van der Waals surface area contributed by atoms with Crippen LogP contribution in [0.4, 0.5) is 4.39 Å². The van der Waals surface area contributed by atoms with E-state index in [1.807, 2.05) is 5.32 Å². The zero-order chi connectivity index (χ0) is 8.97. The molecule has 1 rings (SSSR count). The van der Waals surface area contributed by atoms with Gasteiger partial charge in [-0.15, -0.1) is 0 Å². The van der Waals surface area contributed by atoms with Crippen LogP contribution in [0.2, 0.25) is 5.02 Å². The summed E-state index contributed by atoms with van der Waals surface area (Å²) in [5.41, 5.74) is 0.970. The third kappa shape index (κ3) is 2.47. The third-order valence-electron chi connectivity index (χ3n) is 1.63. The lowest BCUT2D eigenvalue weighted by molar-refractivity contribution is -0.594. The van der Waals surface area contributed by atoms with E-state index in [4.69, 9.17) is 11.6 Å². The standard InChI is InChI=1S/C9H11ClFN/c1-12-5-4-7-2-3-8(11)6-9(7)10/h2-3,6H,1,4-5,12H2. The number of nitrogens with two attached hydrogens (primary N) is 1. The largest absolute Gasteiger partial charge is 0.479 e. The molecule has 12 heavy (non-hydrogen) atoms. The molecule has 0 atom stereocenters. The summed E-state index contributed by atoms with van der Waals surface area (Å²) in [6, 6.07) is 4.46. The Labute approximate surface area is 76.5 Å². The Bertz CT molecular complexity index is 263. The first-order chi connectivity index (χ1) is 5.74. The van der Waals surface area contributed by atoms with Gasteiger partial charge in [-0.05, 0) is 17.7 Å². The number of rotatable bonds is 3. The van der Waals surface area contributed by atoms with Crippen molar-refractivity contribution in [2.75, 3.05) is 6.54 Å². The van der Waals surface area contributed by atoms with Crippen molar-refractivity contribution in [2.45, 2.75) is 6.42 Å². The van der Waals surface area contributed by atoms with Crippen molar-refractivity contribution in [1.29, 1.82) is 0 Å². The lowest BCUT2D eigenvalue weighted by atomic mass is 10.1. The molecule has 0 aliphatic rings. The summed E-state index contributed by atoms with van der Waals surface area (Å²) < 4.78 is 12.6. The van der Waals surface area contributed by atoms with Crippen LogP contribution in [0, 0.1) is 12.9 Å². The molecule has 2 N–H and O–H groups in total. The van der Waals surface area contributed by atoms with Crippen molar-refractivity contribution in [3.05, 3.63) is 41.7 Å². The van der Waals surface area contributed by atoms with E-state index in [0.717, 1.165) is 18.5 Å². The zero-order valence-electron chi connectivity index (χ0n) is 6.69. The van der Waals surface area contributed by atoms with Crippen LogP contribution in [0.1, 0.15) is 5.56 Å². The topological polar surface area (TPSA) is 16.6 Å². The van der Waals surface area contributed by atoms with Crippen molar-refractivity contribution in [3.8, 4) is 0 Å². The minimum atomic E-state index is -0.289. The summed E-state index contributed by atoms with van der Waals surface area (Å²) in [5.74, 6) is -0.289. The second kappa shape index (κ2) is 4.43. The molecule has 0 amide bonds. The molecule has 1 aromatic carbocycles. The van der Waals surface area contributed by atoms with E-state index >= 15 is 0 Å². The molecule has 0 saturated carbocycles. The highest BCUT2D eigenvalue weighted by molar-refractivity contribution is 6.31. The van der Waals surface area contributed by atoms with Gasteiger partial charge in [0.2, 0.25) is 0 Å². The van der Waals surface area contributed by atoms with Gasteiger partial charge < -0.3 is 5.32 Å². The zero-order valence-corrected chi connectivity index (χ0v) is 7.44. The lowest BCUT2D eigenvalue weighted by Gasteiger charge is -2.03. The molecule has 1 nitrogen and oxygen atoms in total. The first-order valence-electron chi connectivity index (χ1n) is 3.79. The van der Waals surface area contributed by atoms with Crippen LogP contribution < -0.4 is 5.32 Å².